The third-order valence-electron chi connectivity index (χ3n) is 3.30. The van der Waals surface area contributed by atoms with Crippen LogP contribution in [0.4, 0.5) is 0 Å². The molecule has 0 spiro atoms. The summed E-state index contributed by atoms with van der Waals surface area (Å²) in [5.41, 5.74) is 0.868. The van der Waals surface area contributed by atoms with Crippen LogP contribution in [0.1, 0.15) is 23.3 Å². The van der Waals surface area contributed by atoms with Crippen molar-refractivity contribution >= 4 is 33.8 Å². The van der Waals surface area contributed by atoms with Gasteiger partial charge in [0.1, 0.15) is 4.21 Å². The van der Waals surface area contributed by atoms with E-state index >= 15 is 0 Å². The highest BCUT2D eigenvalue weighted by atomic mass is 35.5. The van der Waals surface area contributed by atoms with Gasteiger partial charge in [0.05, 0.1) is 0 Å². The van der Waals surface area contributed by atoms with Crippen molar-refractivity contribution in [3.8, 4) is 0 Å². The number of nitrogens with zero attached hydrogens (tertiary/aromatic N) is 1. The Morgan fingerprint density at radius 1 is 1.47 bits per heavy atom. The average Bonchev–Trinajstić information content (AvgIpc) is 2.86. The zero-order valence-corrected chi connectivity index (χ0v) is 13.9. The molecule has 1 aliphatic heterocycles. The van der Waals surface area contributed by atoms with Crippen molar-refractivity contribution in [2.75, 3.05) is 20.1 Å². The van der Waals surface area contributed by atoms with Crippen LogP contribution in [0, 0.1) is 13.8 Å². The molecule has 1 fully saturated rings. The van der Waals surface area contributed by atoms with Crippen molar-refractivity contribution < 1.29 is 8.42 Å². The fourth-order valence-electron chi connectivity index (χ4n) is 2.55. The van der Waals surface area contributed by atoms with Gasteiger partial charge in [-0.2, -0.15) is 4.31 Å². The molecule has 2 heterocycles. The highest BCUT2D eigenvalue weighted by molar-refractivity contribution is 7.91. The van der Waals surface area contributed by atoms with E-state index in [9.17, 15) is 8.42 Å². The lowest BCUT2D eigenvalue weighted by atomic mass is 10.2. The number of likely N-dealkylation sites (N-methyl/N-ethyl adjacent to an activating group) is 1. The van der Waals surface area contributed by atoms with Crippen molar-refractivity contribution in [1.82, 2.24) is 9.62 Å². The number of halogens is 1. The van der Waals surface area contributed by atoms with Crippen molar-refractivity contribution in [3.63, 3.8) is 0 Å². The van der Waals surface area contributed by atoms with Gasteiger partial charge in [-0.15, -0.1) is 23.7 Å². The van der Waals surface area contributed by atoms with E-state index in [4.69, 9.17) is 0 Å². The molecule has 1 saturated heterocycles. The third kappa shape index (κ3) is 3.31. The van der Waals surface area contributed by atoms with Crippen LogP contribution < -0.4 is 5.32 Å². The van der Waals surface area contributed by atoms with E-state index in [1.165, 1.54) is 11.3 Å². The summed E-state index contributed by atoms with van der Waals surface area (Å²) in [6, 6.07) is 2.04. The molecule has 2 rings (SSSR count). The first-order valence-corrected chi connectivity index (χ1v) is 8.46. The maximum absolute atomic E-state index is 12.7. The molecular formula is C12H21ClN2O2S2. The summed E-state index contributed by atoms with van der Waals surface area (Å²) in [5.74, 6) is 0. The van der Waals surface area contributed by atoms with Crippen LogP contribution in [-0.2, 0) is 10.0 Å². The Kier molecular flexibility index (Phi) is 5.82. The number of sulfonamides is 1. The van der Waals surface area contributed by atoms with Crippen LogP contribution in [0.3, 0.4) is 0 Å². The number of hydrogen-bond acceptors (Lipinski definition) is 4. The monoisotopic (exact) mass is 324 g/mol. The Morgan fingerprint density at radius 3 is 2.68 bits per heavy atom. The molecule has 0 saturated carbocycles. The zero-order valence-electron chi connectivity index (χ0n) is 11.5. The Labute approximate surface area is 125 Å². The van der Waals surface area contributed by atoms with Gasteiger partial charge >= 0.3 is 0 Å². The molecule has 0 bridgehead atoms. The van der Waals surface area contributed by atoms with Crippen LogP contribution in [0.5, 0.6) is 0 Å². The van der Waals surface area contributed by atoms with E-state index in [-0.39, 0.29) is 18.4 Å². The van der Waals surface area contributed by atoms with Gasteiger partial charge in [-0.3, -0.25) is 0 Å². The molecule has 1 aromatic heterocycles. The molecule has 4 nitrogen and oxygen atoms in total. The van der Waals surface area contributed by atoms with Crippen LogP contribution in [-0.4, -0.2) is 38.9 Å². The lowest BCUT2D eigenvalue weighted by Crippen LogP contribution is -2.40. The van der Waals surface area contributed by atoms with E-state index in [0.717, 1.165) is 29.8 Å². The fourth-order valence-corrected chi connectivity index (χ4v) is 6.02. The van der Waals surface area contributed by atoms with Crippen LogP contribution >= 0.6 is 23.7 Å². The molecule has 1 atom stereocenters. The summed E-state index contributed by atoms with van der Waals surface area (Å²) in [6.07, 6.45) is 1.90. The number of aryl methyl sites for hydroxylation is 2. The van der Waals surface area contributed by atoms with Gasteiger partial charge in [0.2, 0.25) is 0 Å². The van der Waals surface area contributed by atoms with Crippen molar-refractivity contribution in [3.05, 3.63) is 16.5 Å². The molecule has 0 amide bonds. The lowest BCUT2D eigenvalue weighted by molar-refractivity contribution is 0.380. The summed E-state index contributed by atoms with van der Waals surface area (Å²) in [6.45, 7) is 5.19. The fraction of sp³-hybridized carbons (Fsp3) is 0.667. The summed E-state index contributed by atoms with van der Waals surface area (Å²) in [4.78, 5) is 1.05. The van der Waals surface area contributed by atoms with Gasteiger partial charge in [0, 0.05) is 24.0 Å². The molecule has 19 heavy (non-hydrogen) atoms. The lowest BCUT2D eigenvalue weighted by Gasteiger charge is -2.23. The smallest absolute Gasteiger partial charge is 0.253 e. The Balaban J connectivity index is 0.00000180. The standard InChI is InChI=1S/C12H20N2O2S2.ClH/c1-9-7-10(2)17-12(9)18(15,16)14-6-4-5-11(14)8-13-3;/h7,11,13H,4-6,8H2,1-3H3;1H. The van der Waals surface area contributed by atoms with Gasteiger partial charge < -0.3 is 5.32 Å². The Bertz CT molecular complexity index is 528. The largest absolute Gasteiger partial charge is 0.318 e. The minimum atomic E-state index is -3.31. The molecule has 1 aromatic rings. The molecule has 0 aromatic carbocycles. The first kappa shape index (κ1) is 16.9. The van der Waals surface area contributed by atoms with E-state index in [2.05, 4.69) is 5.32 Å². The predicted molar refractivity (Wildman–Crippen MR) is 81.9 cm³/mol. The first-order chi connectivity index (χ1) is 8.46. The normalized spacial score (nSPS) is 20.5. The van der Waals surface area contributed by atoms with Crippen molar-refractivity contribution in [2.45, 2.75) is 36.9 Å². The molecule has 1 N–H and O–H groups in total. The predicted octanol–water partition coefficient (Wildman–Crippen LogP) is 2.16. The minimum absolute atomic E-state index is 0. The van der Waals surface area contributed by atoms with Crippen LogP contribution in [0.25, 0.3) is 0 Å². The second kappa shape index (κ2) is 6.54. The quantitative estimate of drug-likeness (QED) is 0.923. The Morgan fingerprint density at radius 2 is 2.16 bits per heavy atom. The second-order valence-electron chi connectivity index (χ2n) is 4.80. The summed E-state index contributed by atoms with van der Waals surface area (Å²) in [5, 5.41) is 3.08. The van der Waals surface area contributed by atoms with Gasteiger partial charge in [-0.1, -0.05) is 0 Å². The first-order valence-electron chi connectivity index (χ1n) is 6.20. The highest BCUT2D eigenvalue weighted by Gasteiger charge is 2.36. The summed E-state index contributed by atoms with van der Waals surface area (Å²) < 4.78 is 27.5. The topological polar surface area (TPSA) is 49.4 Å². The molecule has 1 unspecified atom stereocenters. The van der Waals surface area contributed by atoms with E-state index in [0.29, 0.717) is 10.8 Å². The minimum Gasteiger partial charge on any atom is -0.318 e. The molecule has 0 aliphatic carbocycles. The van der Waals surface area contributed by atoms with E-state index in [1.807, 2.05) is 27.0 Å². The van der Waals surface area contributed by atoms with E-state index in [1.54, 1.807) is 4.31 Å². The zero-order chi connectivity index (χ0) is 13.3. The van der Waals surface area contributed by atoms with Gasteiger partial charge in [0.15, 0.2) is 0 Å². The van der Waals surface area contributed by atoms with Gasteiger partial charge in [-0.05, 0) is 45.4 Å². The maximum Gasteiger partial charge on any atom is 0.253 e. The van der Waals surface area contributed by atoms with Crippen LogP contribution in [0.15, 0.2) is 10.3 Å². The van der Waals surface area contributed by atoms with Gasteiger partial charge in [-0.25, -0.2) is 8.42 Å². The second-order valence-corrected chi connectivity index (χ2v) is 8.14. The Hall–Kier alpha value is -0.140. The van der Waals surface area contributed by atoms with Gasteiger partial charge in [0.25, 0.3) is 10.0 Å². The third-order valence-corrected chi connectivity index (χ3v) is 7.02. The van der Waals surface area contributed by atoms with Crippen molar-refractivity contribution in [1.29, 1.82) is 0 Å². The van der Waals surface area contributed by atoms with E-state index < -0.39 is 10.0 Å². The summed E-state index contributed by atoms with van der Waals surface area (Å²) >= 11 is 1.38. The number of thiophene rings is 1. The highest BCUT2D eigenvalue weighted by Crippen LogP contribution is 2.32. The SMILES string of the molecule is CNCC1CCCN1S(=O)(=O)c1sc(C)cc1C.Cl. The number of nitrogens with one attached hydrogen (secondary N) is 1. The maximum atomic E-state index is 12.7. The van der Waals surface area contributed by atoms with Crippen molar-refractivity contribution in [2.24, 2.45) is 0 Å². The number of hydrogen-bond donors (Lipinski definition) is 1. The molecule has 1 aliphatic rings. The molecule has 0 radical (unpaired) electrons. The molecular weight excluding hydrogens is 304 g/mol. The average molecular weight is 325 g/mol. The molecule has 7 heteroatoms. The summed E-state index contributed by atoms with van der Waals surface area (Å²) in [7, 11) is -1.44. The molecule has 110 valence electrons. The van der Waals surface area contributed by atoms with Crippen LogP contribution in [0.2, 0.25) is 0 Å². The number of rotatable bonds is 4.